The van der Waals surface area contributed by atoms with E-state index in [9.17, 15) is 23.1 Å². The van der Waals surface area contributed by atoms with Gasteiger partial charge in [0.05, 0.1) is 5.41 Å². The van der Waals surface area contributed by atoms with E-state index in [-0.39, 0.29) is 54.3 Å². The molecule has 0 saturated carbocycles. The molecule has 0 atom stereocenters. The van der Waals surface area contributed by atoms with Crippen LogP contribution in [-0.2, 0) is 36.7 Å². The number of aliphatic hydroxyl groups is 1. The van der Waals surface area contributed by atoms with Gasteiger partial charge in [-0.15, -0.1) is 29.1 Å². The molecule has 3 nitrogen and oxygen atoms in total. The second kappa shape index (κ2) is 17.9. The third kappa shape index (κ3) is 10.1. The fraction of sp³-hybridized carbons (Fsp3) is 0.469. The Morgan fingerprint density at radius 3 is 1.91 bits per heavy atom. The van der Waals surface area contributed by atoms with Crippen molar-refractivity contribution in [3.05, 3.63) is 107 Å². The van der Waals surface area contributed by atoms with Gasteiger partial charge >= 0.3 is 6.18 Å². The Bertz CT molecular complexity index is 2100. The van der Waals surface area contributed by atoms with E-state index in [1.165, 1.54) is 46.8 Å². The maximum atomic E-state index is 13.4. The number of nitrogens with zero attached hydrogens (tertiary/aromatic N) is 1. The summed E-state index contributed by atoms with van der Waals surface area (Å²) < 4.78 is 40.3. The summed E-state index contributed by atoms with van der Waals surface area (Å²) >= 11 is 0. The minimum Gasteiger partial charge on any atom is -0.512 e. The fourth-order valence-electron chi connectivity index (χ4n) is 7.45. The monoisotopic (exact) mass is 975 g/mol. The Morgan fingerprint density at radius 2 is 1.39 bits per heavy atom. The largest absolute Gasteiger partial charge is 0.512 e. The van der Waals surface area contributed by atoms with Gasteiger partial charge in [-0.3, -0.25) is 9.78 Å². The molecule has 8 heteroatoms. The van der Waals surface area contributed by atoms with Crippen LogP contribution < -0.4 is 5.19 Å². The first-order valence-corrected chi connectivity index (χ1v) is 23.2. The third-order valence-electron chi connectivity index (χ3n) is 12.7. The minimum atomic E-state index is -4.24. The Balaban J connectivity index is 0.000000411. The van der Waals surface area contributed by atoms with Crippen LogP contribution in [0.25, 0.3) is 33.3 Å². The van der Waals surface area contributed by atoms with Crippen molar-refractivity contribution in [2.75, 3.05) is 0 Å². The van der Waals surface area contributed by atoms with Crippen LogP contribution in [-0.4, -0.2) is 30.1 Å². The average molecular weight is 975 g/mol. The number of ketones is 1. The smallest absolute Gasteiger partial charge is 0.394 e. The van der Waals surface area contributed by atoms with Crippen molar-refractivity contribution in [1.82, 2.24) is 4.98 Å². The van der Waals surface area contributed by atoms with Gasteiger partial charge in [0.2, 0.25) is 0 Å². The molecule has 0 bridgehead atoms. The number of allylic oxidation sites excluding steroid dienone is 2. The topological polar surface area (TPSA) is 50.2 Å². The summed E-state index contributed by atoms with van der Waals surface area (Å²) in [7, 11) is -2.18. The van der Waals surface area contributed by atoms with Gasteiger partial charge in [-0.2, -0.15) is 13.2 Å². The van der Waals surface area contributed by atoms with Gasteiger partial charge in [0.25, 0.3) is 0 Å². The second-order valence-electron chi connectivity index (χ2n) is 18.4. The zero-order valence-electron chi connectivity index (χ0n) is 36.3. The molecule has 311 valence electrons. The summed E-state index contributed by atoms with van der Waals surface area (Å²) in [6, 6.07) is 24.1. The molecule has 57 heavy (non-hydrogen) atoms. The summed E-state index contributed by atoms with van der Waals surface area (Å²) in [5.41, 5.74) is 3.79. The number of carbonyl (C=O) groups excluding carboxylic acids is 1. The number of hydrogen-bond acceptors (Lipinski definition) is 3. The van der Waals surface area contributed by atoms with E-state index in [1.807, 2.05) is 72.0 Å². The van der Waals surface area contributed by atoms with Crippen molar-refractivity contribution in [2.24, 2.45) is 16.2 Å². The van der Waals surface area contributed by atoms with Gasteiger partial charge in [0.1, 0.15) is 13.8 Å². The molecule has 0 spiro atoms. The summed E-state index contributed by atoms with van der Waals surface area (Å²) in [6.45, 7) is 26.0. The number of hydrogen-bond donors (Lipinski definition) is 1. The number of fused-ring (bicyclic) bond motifs is 2. The number of aromatic nitrogens is 1. The van der Waals surface area contributed by atoms with Crippen molar-refractivity contribution in [1.29, 1.82) is 0 Å². The molecule has 1 aliphatic heterocycles. The Hall–Kier alpha value is -3.32. The third-order valence-corrected chi connectivity index (χ3v) is 16.3. The number of benzene rings is 3. The van der Waals surface area contributed by atoms with Crippen molar-refractivity contribution in [3.63, 3.8) is 0 Å². The second-order valence-corrected chi connectivity index (χ2v) is 22.7. The molecule has 0 fully saturated rings. The van der Waals surface area contributed by atoms with E-state index in [4.69, 9.17) is 4.98 Å². The van der Waals surface area contributed by atoms with Gasteiger partial charge < -0.3 is 5.11 Å². The molecule has 2 heterocycles. The van der Waals surface area contributed by atoms with Crippen LogP contribution in [0.5, 0.6) is 0 Å². The van der Waals surface area contributed by atoms with Crippen LogP contribution in [0.3, 0.4) is 0 Å². The standard InChI is InChI=1S/C34H35F3NSi.C15H28O2.Ir/c1-32(2,3)28-19-26(18-24-10-8-9-11-27(24)28)30-31-25(16-17-38-30)20-29(39(31,6)7)23-14-12-22(13-15-23)21-33(4,5)34(35,36)37;1-7-14(5,8-2)12(16)11-13(17)15(6,9-3)10-4;/h8-17,19-20H,21H2,1-7H3;11,16H,7-10H2,1-6H3;/q-1;;/b;12-11-;. The maximum Gasteiger partial charge on any atom is 0.394 e. The zero-order chi connectivity index (χ0) is 42.1. The first kappa shape index (κ1) is 48.0. The van der Waals surface area contributed by atoms with Gasteiger partial charge in [0, 0.05) is 48.9 Å². The fourth-order valence-corrected chi connectivity index (χ4v) is 10.8. The molecular formula is C49H63F3IrNO2Si-. The molecule has 4 aromatic rings. The molecule has 0 amide bonds. The Labute approximate surface area is 355 Å². The normalized spacial score (nSPS) is 14.7. The molecule has 1 radical (unpaired) electrons. The van der Waals surface area contributed by atoms with Crippen molar-refractivity contribution >= 4 is 41.1 Å². The minimum absolute atomic E-state index is 0. The predicted molar refractivity (Wildman–Crippen MR) is 233 cm³/mol. The Kier molecular flexibility index (Phi) is 15.1. The van der Waals surface area contributed by atoms with Crippen LogP contribution in [0.2, 0.25) is 13.1 Å². The predicted octanol–water partition coefficient (Wildman–Crippen LogP) is 13.8. The van der Waals surface area contributed by atoms with Crippen molar-refractivity contribution in [3.8, 4) is 11.3 Å². The van der Waals surface area contributed by atoms with Crippen molar-refractivity contribution in [2.45, 2.75) is 133 Å². The first-order chi connectivity index (χ1) is 25.9. The van der Waals surface area contributed by atoms with E-state index in [0.717, 1.165) is 47.9 Å². The maximum absolute atomic E-state index is 13.4. The SMILES string of the molecule is CC(C)(C)c1cc(-c2nccc3c2[Si](C)(C)C(c2ccc(CC(C)(C)C(F)(F)F)cc2)=C3)[c-]c2ccccc12.CCC(C)(CC)C(=O)/C=C(\O)C(C)(CC)CC.[Ir]. The number of pyridine rings is 1. The molecule has 1 aliphatic rings. The first-order valence-electron chi connectivity index (χ1n) is 20.2. The number of aliphatic hydroxyl groups excluding tert-OH is 1. The van der Waals surface area contributed by atoms with E-state index in [0.29, 0.717) is 5.56 Å². The van der Waals surface area contributed by atoms with Crippen LogP contribution in [0.1, 0.15) is 124 Å². The number of alkyl halides is 3. The van der Waals surface area contributed by atoms with Gasteiger partial charge in [-0.1, -0.05) is 154 Å². The molecule has 1 aromatic heterocycles. The summed E-state index contributed by atoms with van der Waals surface area (Å²) in [5, 5.41) is 15.0. The summed E-state index contributed by atoms with van der Waals surface area (Å²) in [4.78, 5) is 17.1. The van der Waals surface area contributed by atoms with Crippen LogP contribution in [0, 0.1) is 22.3 Å². The summed E-state index contributed by atoms with van der Waals surface area (Å²) in [6.07, 6.45) is 4.60. The number of carbonyl (C=O) groups is 1. The van der Waals surface area contributed by atoms with E-state index < -0.39 is 19.7 Å². The Morgan fingerprint density at radius 1 is 0.825 bits per heavy atom. The van der Waals surface area contributed by atoms with Gasteiger partial charge in [-0.05, 0) is 65.5 Å². The molecule has 0 saturated heterocycles. The quantitative estimate of drug-likeness (QED) is 0.0705. The van der Waals surface area contributed by atoms with Crippen LogP contribution in [0.15, 0.2) is 78.7 Å². The number of rotatable bonds is 11. The van der Waals surface area contributed by atoms with E-state index in [1.54, 1.807) is 0 Å². The zero-order valence-corrected chi connectivity index (χ0v) is 39.7. The molecule has 3 aromatic carbocycles. The summed E-state index contributed by atoms with van der Waals surface area (Å²) in [5.74, 6) is 0.286. The average Bonchev–Trinajstić information content (AvgIpc) is 3.43. The molecule has 0 unspecified atom stereocenters. The van der Waals surface area contributed by atoms with Crippen LogP contribution >= 0.6 is 0 Å². The van der Waals surface area contributed by atoms with Crippen LogP contribution in [0.4, 0.5) is 13.2 Å². The number of halogens is 3. The molecule has 1 N–H and O–H groups in total. The molecular weight excluding hydrogens is 912 g/mol. The van der Waals surface area contributed by atoms with E-state index >= 15 is 0 Å². The van der Waals surface area contributed by atoms with E-state index in [2.05, 4.69) is 82.4 Å². The molecule has 5 rings (SSSR count). The van der Waals surface area contributed by atoms with Gasteiger partial charge in [-0.25, -0.2) is 0 Å². The van der Waals surface area contributed by atoms with Gasteiger partial charge in [0.15, 0.2) is 5.78 Å². The molecule has 0 aliphatic carbocycles. The van der Waals surface area contributed by atoms with Crippen molar-refractivity contribution < 1.29 is 43.2 Å².